The van der Waals surface area contributed by atoms with Gasteiger partial charge >= 0.3 is 5.69 Å². The van der Waals surface area contributed by atoms with Gasteiger partial charge in [0, 0.05) is 6.54 Å². The summed E-state index contributed by atoms with van der Waals surface area (Å²) in [6.45, 7) is 0.448. The highest BCUT2D eigenvalue weighted by Crippen LogP contribution is 2.18. The Balaban J connectivity index is 1.90. The maximum absolute atomic E-state index is 11.5. The first-order chi connectivity index (χ1) is 9.74. The van der Waals surface area contributed by atoms with Gasteiger partial charge in [-0.05, 0) is 16.3 Å². The molecule has 0 saturated carbocycles. The summed E-state index contributed by atoms with van der Waals surface area (Å²) in [5, 5.41) is 11.0. The van der Waals surface area contributed by atoms with E-state index >= 15 is 0 Å². The van der Waals surface area contributed by atoms with Gasteiger partial charge < -0.3 is 5.32 Å². The lowest BCUT2D eigenvalue weighted by Gasteiger charge is -2.07. The zero-order chi connectivity index (χ0) is 13.9. The molecule has 2 aromatic carbocycles. The summed E-state index contributed by atoms with van der Waals surface area (Å²) in [6.07, 6.45) is 0. The van der Waals surface area contributed by atoms with Crippen molar-refractivity contribution in [1.82, 2.24) is 15.2 Å². The minimum atomic E-state index is -0.620. The second-order valence-electron chi connectivity index (χ2n) is 4.35. The van der Waals surface area contributed by atoms with Crippen LogP contribution in [0.5, 0.6) is 0 Å². The molecule has 0 aliphatic heterocycles. The highest BCUT2D eigenvalue weighted by Gasteiger charge is 2.04. The van der Waals surface area contributed by atoms with Crippen LogP contribution in [0.2, 0.25) is 0 Å². The van der Waals surface area contributed by atoms with Crippen LogP contribution in [0.3, 0.4) is 0 Å². The number of benzene rings is 2. The summed E-state index contributed by atoms with van der Waals surface area (Å²) >= 11 is 0. The standard InChI is InChI=1S/C14H12N4O2/c19-13-12(17-18-14(20)16-13)15-8-10-6-3-5-9-4-1-2-7-11(9)10/h1-7H,8H2,(H,15,17)(H2,16,18,19,20). The van der Waals surface area contributed by atoms with E-state index in [4.69, 9.17) is 0 Å². The second kappa shape index (κ2) is 5.00. The third-order valence-corrected chi connectivity index (χ3v) is 3.04. The third kappa shape index (κ3) is 2.31. The van der Waals surface area contributed by atoms with Gasteiger partial charge in [-0.2, -0.15) is 0 Å². The zero-order valence-electron chi connectivity index (χ0n) is 10.5. The number of hydrogen-bond acceptors (Lipinski definition) is 4. The van der Waals surface area contributed by atoms with Crippen LogP contribution >= 0.6 is 0 Å². The van der Waals surface area contributed by atoms with E-state index in [1.807, 2.05) is 42.5 Å². The molecule has 0 radical (unpaired) electrons. The minimum absolute atomic E-state index is 0.0949. The van der Waals surface area contributed by atoms with E-state index in [-0.39, 0.29) is 5.82 Å². The summed E-state index contributed by atoms with van der Waals surface area (Å²) in [7, 11) is 0. The van der Waals surface area contributed by atoms with Gasteiger partial charge in [0.05, 0.1) is 0 Å². The van der Waals surface area contributed by atoms with E-state index in [9.17, 15) is 9.59 Å². The molecule has 0 fully saturated rings. The lowest BCUT2D eigenvalue weighted by atomic mass is 10.0. The molecule has 100 valence electrons. The Hall–Kier alpha value is -2.89. The molecule has 3 aromatic rings. The Labute approximate surface area is 113 Å². The fourth-order valence-electron chi connectivity index (χ4n) is 2.09. The van der Waals surface area contributed by atoms with Crippen molar-refractivity contribution in [1.29, 1.82) is 0 Å². The SMILES string of the molecule is O=c1[nH]nc(NCc2cccc3ccccc23)c(=O)[nH]1. The van der Waals surface area contributed by atoms with E-state index < -0.39 is 11.2 Å². The number of anilines is 1. The smallest absolute Gasteiger partial charge is 0.342 e. The first-order valence-corrected chi connectivity index (χ1v) is 6.13. The van der Waals surface area contributed by atoms with Crippen LogP contribution in [0.25, 0.3) is 10.8 Å². The van der Waals surface area contributed by atoms with Crippen LogP contribution in [0.4, 0.5) is 5.82 Å². The van der Waals surface area contributed by atoms with E-state index in [0.717, 1.165) is 16.3 Å². The van der Waals surface area contributed by atoms with Gasteiger partial charge in [-0.3, -0.25) is 9.78 Å². The Bertz CT molecular complexity index is 861. The molecule has 0 amide bonds. The molecular weight excluding hydrogens is 256 g/mol. The predicted octanol–water partition coefficient (Wildman–Crippen LogP) is 1.22. The summed E-state index contributed by atoms with van der Waals surface area (Å²) in [6, 6.07) is 14.0. The molecule has 1 heterocycles. The molecule has 0 saturated heterocycles. The van der Waals surface area contributed by atoms with Gasteiger partial charge in [0.25, 0.3) is 5.56 Å². The molecule has 6 heteroatoms. The highest BCUT2D eigenvalue weighted by atomic mass is 16.2. The Morgan fingerprint density at radius 1 is 1.05 bits per heavy atom. The second-order valence-corrected chi connectivity index (χ2v) is 4.35. The van der Waals surface area contributed by atoms with Crippen LogP contribution in [0.1, 0.15) is 5.56 Å². The fraction of sp³-hybridized carbons (Fsp3) is 0.0714. The molecule has 0 aliphatic carbocycles. The summed E-state index contributed by atoms with van der Waals surface area (Å²) in [4.78, 5) is 24.5. The first kappa shape index (κ1) is 12.2. The van der Waals surface area contributed by atoms with Crippen molar-refractivity contribution < 1.29 is 0 Å². The molecule has 0 atom stereocenters. The lowest BCUT2D eigenvalue weighted by molar-refractivity contribution is 0.883. The normalized spacial score (nSPS) is 10.6. The van der Waals surface area contributed by atoms with Crippen LogP contribution < -0.4 is 16.6 Å². The number of aromatic amines is 2. The number of H-pyrrole nitrogens is 2. The Kier molecular flexibility index (Phi) is 3.04. The number of aromatic nitrogens is 3. The fourth-order valence-corrected chi connectivity index (χ4v) is 2.09. The molecule has 0 spiro atoms. The Morgan fingerprint density at radius 3 is 2.70 bits per heavy atom. The molecule has 0 bridgehead atoms. The van der Waals surface area contributed by atoms with Crippen LogP contribution in [0, 0.1) is 0 Å². The van der Waals surface area contributed by atoms with Gasteiger partial charge in [-0.15, -0.1) is 5.10 Å². The van der Waals surface area contributed by atoms with Crippen molar-refractivity contribution in [3.63, 3.8) is 0 Å². The van der Waals surface area contributed by atoms with Gasteiger partial charge in [0.15, 0.2) is 0 Å². The molecule has 1 aromatic heterocycles. The summed E-state index contributed by atoms with van der Waals surface area (Å²) in [5.74, 6) is 0.0949. The van der Waals surface area contributed by atoms with Crippen molar-refractivity contribution in [3.05, 3.63) is 68.9 Å². The third-order valence-electron chi connectivity index (χ3n) is 3.04. The van der Waals surface area contributed by atoms with E-state index in [2.05, 4.69) is 20.5 Å². The highest BCUT2D eigenvalue weighted by molar-refractivity contribution is 5.85. The number of rotatable bonds is 3. The zero-order valence-corrected chi connectivity index (χ0v) is 10.5. The minimum Gasteiger partial charge on any atom is -0.360 e. The van der Waals surface area contributed by atoms with Crippen molar-refractivity contribution in [2.75, 3.05) is 5.32 Å². The Morgan fingerprint density at radius 2 is 1.85 bits per heavy atom. The van der Waals surface area contributed by atoms with Gasteiger partial charge in [-0.1, -0.05) is 42.5 Å². The van der Waals surface area contributed by atoms with Crippen molar-refractivity contribution in [2.24, 2.45) is 0 Å². The van der Waals surface area contributed by atoms with E-state index in [0.29, 0.717) is 6.54 Å². The number of nitrogens with zero attached hydrogens (tertiary/aromatic N) is 1. The molecular formula is C14H12N4O2. The quantitative estimate of drug-likeness (QED) is 0.666. The lowest BCUT2D eigenvalue weighted by Crippen LogP contribution is -2.26. The van der Waals surface area contributed by atoms with Crippen LogP contribution in [-0.2, 0) is 6.54 Å². The maximum atomic E-state index is 11.5. The van der Waals surface area contributed by atoms with Crippen molar-refractivity contribution in [3.8, 4) is 0 Å². The van der Waals surface area contributed by atoms with Crippen LogP contribution in [-0.4, -0.2) is 15.2 Å². The summed E-state index contributed by atoms with van der Waals surface area (Å²) in [5.41, 5.74) is -0.102. The van der Waals surface area contributed by atoms with Gasteiger partial charge in [0.2, 0.25) is 5.82 Å². The molecule has 3 N–H and O–H groups in total. The van der Waals surface area contributed by atoms with Gasteiger partial charge in [-0.25, -0.2) is 9.89 Å². The van der Waals surface area contributed by atoms with Crippen molar-refractivity contribution >= 4 is 16.6 Å². The number of fused-ring (bicyclic) bond motifs is 1. The van der Waals surface area contributed by atoms with Crippen LogP contribution in [0.15, 0.2) is 52.1 Å². The van der Waals surface area contributed by atoms with E-state index in [1.54, 1.807) is 0 Å². The average Bonchev–Trinajstić information content (AvgIpc) is 2.46. The van der Waals surface area contributed by atoms with Crippen molar-refractivity contribution in [2.45, 2.75) is 6.54 Å². The van der Waals surface area contributed by atoms with E-state index in [1.165, 1.54) is 0 Å². The number of hydrogen-bond donors (Lipinski definition) is 3. The first-order valence-electron chi connectivity index (χ1n) is 6.13. The molecule has 3 rings (SSSR count). The summed E-state index contributed by atoms with van der Waals surface area (Å²) < 4.78 is 0. The topological polar surface area (TPSA) is 90.6 Å². The van der Waals surface area contributed by atoms with Gasteiger partial charge in [0.1, 0.15) is 0 Å². The molecule has 0 aliphatic rings. The largest absolute Gasteiger partial charge is 0.360 e. The average molecular weight is 268 g/mol. The molecule has 20 heavy (non-hydrogen) atoms. The predicted molar refractivity (Wildman–Crippen MR) is 76.8 cm³/mol. The maximum Gasteiger partial charge on any atom is 0.342 e. The monoisotopic (exact) mass is 268 g/mol. The number of nitrogens with one attached hydrogen (secondary N) is 3. The molecule has 0 unspecified atom stereocenters. The molecule has 6 nitrogen and oxygen atoms in total.